The summed E-state index contributed by atoms with van der Waals surface area (Å²) in [5.74, 6) is 0.375. The maximum absolute atomic E-state index is 13.1. The summed E-state index contributed by atoms with van der Waals surface area (Å²) < 4.78 is 0. The number of hydrogen-bond acceptors (Lipinski definition) is 3. The molecular formula is C20H28N4O. The smallest absolute Gasteiger partial charge is 0.223 e. The third-order valence-electron chi connectivity index (χ3n) is 5.29. The van der Waals surface area contributed by atoms with Crippen molar-refractivity contribution in [1.29, 1.82) is 0 Å². The summed E-state index contributed by atoms with van der Waals surface area (Å²) in [6.45, 7) is 9.80. The van der Waals surface area contributed by atoms with Crippen LogP contribution in [0.15, 0.2) is 24.3 Å². The topological polar surface area (TPSA) is 52.2 Å². The van der Waals surface area contributed by atoms with E-state index in [0.717, 1.165) is 17.9 Å². The van der Waals surface area contributed by atoms with E-state index in [4.69, 9.17) is 0 Å². The van der Waals surface area contributed by atoms with Crippen LogP contribution in [0.4, 0.5) is 5.69 Å². The molecule has 0 saturated carbocycles. The van der Waals surface area contributed by atoms with Gasteiger partial charge >= 0.3 is 0 Å². The number of H-pyrrole nitrogens is 1. The fourth-order valence-electron chi connectivity index (χ4n) is 4.05. The first-order valence-electron chi connectivity index (χ1n) is 8.98. The van der Waals surface area contributed by atoms with E-state index < -0.39 is 0 Å². The Morgan fingerprint density at radius 3 is 2.76 bits per heavy atom. The largest absolute Gasteiger partial charge is 0.372 e. The maximum Gasteiger partial charge on any atom is 0.223 e. The molecule has 1 aliphatic heterocycles. The van der Waals surface area contributed by atoms with Crippen molar-refractivity contribution in [2.24, 2.45) is 0 Å². The number of para-hydroxylation sites is 1. The Bertz CT molecular complexity index is 747. The van der Waals surface area contributed by atoms with E-state index >= 15 is 0 Å². The van der Waals surface area contributed by atoms with Crippen molar-refractivity contribution in [2.45, 2.75) is 52.6 Å². The normalized spacial score (nSPS) is 18.7. The number of carbonyl (C=O) groups is 1. The first kappa shape index (κ1) is 17.5. The van der Waals surface area contributed by atoms with Crippen LogP contribution in [-0.4, -0.2) is 40.6 Å². The molecule has 0 spiro atoms. The van der Waals surface area contributed by atoms with Gasteiger partial charge in [-0.25, -0.2) is 0 Å². The van der Waals surface area contributed by atoms with E-state index in [0.29, 0.717) is 13.0 Å². The zero-order valence-electron chi connectivity index (χ0n) is 15.8. The minimum absolute atomic E-state index is 0.162. The highest BCUT2D eigenvalue weighted by Crippen LogP contribution is 2.29. The molecule has 134 valence electrons. The van der Waals surface area contributed by atoms with Gasteiger partial charge in [-0.3, -0.25) is 9.89 Å². The molecule has 2 atom stereocenters. The average molecular weight is 340 g/mol. The molecular weight excluding hydrogens is 312 g/mol. The van der Waals surface area contributed by atoms with E-state index in [1.165, 1.54) is 16.8 Å². The number of anilines is 1. The number of likely N-dealkylation sites (N-methyl/N-ethyl adjacent to an activating group) is 1. The van der Waals surface area contributed by atoms with Gasteiger partial charge in [0.1, 0.15) is 0 Å². The van der Waals surface area contributed by atoms with Gasteiger partial charge < -0.3 is 9.80 Å². The zero-order chi connectivity index (χ0) is 18.1. The number of nitrogens with zero attached hydrogens (tertiary/aromatic N) is 3. The summed E-state index contributed by atoms with van der Waals surface area (Å²) in [5, 5.41) is 7.30. The van der Waals surface area contributed by atoms with Gasteiger partial charge in [-0.05, 0) is 43.9 Å². The lowest BCUT2D eigenvalue weighted by Gasteiger charge is -2.29. The lowest BCUT2D eigenvalue weighted by molar-refractivity contribution is -0.134. The summed E-state index contributed by atoms with van der Waals surface area (Å²) >= 11 is 0. The summed E-state index contributed by atoms with van der Waals surface area (Å²) in [6.07, 6.45) is 0.511. The number of hydrogen-bond donors (Lipinski definition) is 1. The van der Waals surface area contributed by atoms with Crippen molar-refractivity contribution in [2.75, 3.05) is 18.5 Å². The molecule has 1 amide bonds. The van der Waals surface area contributed by atoms with Gasteiger partial charge in [0.2, 0.25) is 5.91 Å². The summed E-state index contributed by atoms with van der Waals surface area (Å²) in [4.78, 5) is 17.4. The lowest BCUT2D eigenvalue weighted by Crippen LogP contribution is -2.42. The van der Waals surface area contributed by atoms with Crippen LogP contribution in [0.2, 0.25) is 0 Å². The second-order valence-corrected chi connectivity index (χ2v) is 7.33. The van der Waals surface area contributed by atoms with Crippen LogP contribution in [0.1, 0.15) is 48.7 Å². The van der Waals surface area contributed by atoms with Crippen LogP contribution in [-0.2, 0) is 11.3 Å². The van der Waals surface area contributed by atoms with E-state index in [9.17, 15) is 4.79 Å². The van der Waals surface area contributed by atoms with Crippen molar-refractivity contribution in [3.63, 3.8) is 0 Å². The summed E-state index contributed by atoms with van der Waals surface area (Å²) in [6, 6.07) is 8.55. The highest BCUT2D eigenvalue weighted by molar-refractivity contribution is 5.78. The van der Waals surface area contributed by atoms with Crippen molar-refractivity contribution < 1.29 is 4.79 Å². The number of carbonyl (C=O) groups excluding carboxylic acids is 1. The van der Waals surface area contributed by atoms with Gasteiger partial charge in [0.25, 0.3) is 0 Å². The SMILES string of the molecule is Cc1n[nH]c(C)c1[C@@H](C)CC(=O)N1Cc2ccccc2N(C)C[C@@H]1C. The minimum Gasteiger partial charge on any atom is -0.372 e. The van der Waals surface area contributed by atoms with Gasteiger partial charge in [-0.15, -0.1) is 0 Å². The number of benzene rings is 1. The Hall–Kier alpha value is -2.30. The number of nitrogens with one attached hydrogen (secondary N) is 1. The molecule has 0 unspecified atom stereocenters. The van der Waals surface area contributed by atoms with Gasteiger partial charge in [0, 0.05) is 44.0 Å². The third-order valence-corrected chi connectivity index (χ3v) is 5.29. The highest BCUT2D eigenvalue weighted by Gasteiger charge is 2.28. The molecule has 2 aromatic rings. The molecule has 1 aromatic heterocycles. The molecule has 2 heterocycles. The molecule has 0 bridgehead atoms. The van der Waals surface area contributed by atoms with Crippen molar-refractivity contribution in [3.8, 4) is 0 Å². The molecule has 5 nitrogen and oxygen atoms in total. The molecule has 1 aliphatic rings. The van der Waals surface area contributed by atoms with Gasteiger partial charge in [0.05, 0.1) is 5.69 Å². The van der Waals surface area contributed by atoms with Crippen molar-refractivity contribution in [3.05, 3.63) is 46.8 Å². The Labute approximate surface area is 150 Å². The highest BCUT2D eigenvalue weighted by atomic mass is 16.2. The van der Waals surface area contributed by atoms with Crippen LogP contribution < -0.4 is 4.90 Å². The zero-order valence-corrected chi connectivity index (χ0v) is 15.8. The molecule has 1 N–H and O–H groups in total. The standard InChI is InChI=1S/C20H28N4O/c1-13(20-15(3)21-22-16(20)4)10-19(25)24-12-17-8-6-7-9-18(17)23(5)11-14(24)2/h6-9,13-14H,10-12H2,1-5H3,(H,21,22)/t13-,14-/m0/s1. The number of amides is 1. The number of aromatic amines is 1. The van der Waals surface area contributed by atoms with Gasteiger partial charge in [-0.2, -0.15) is 5.10 Å². The van der Waals surface area contributed by atoms with E-state index in [1.54, 1.807) is 0 Å². The Morgan fingerprint density at radius 1 is 1.36 bits per heavy atom. The first-order chi connectivity index (χ1) is 11.9. The lowest BCUT2D eigenvalue weighted by atomic mass is 9.95. The van der Waals surface area contributed by atoms with Crippen LogP contribution in [0.25, 0.3) is 0 Å². The number of fused-ring (bicyclic) bond motifs is 1. The quantitative estimate of drug-likeness (QED) is 0.932. The first-order valence-corrected chi connectivity index (χ1v) is 8.98. The molecule has 0 aliphatic carbocycles. The predicted molar refractivity (Wildman–Crippen MR) is 101 cm³/mol. The van der Waals surface area contributed by atoms with Crippen LogP contribution in [0, 0.1) is 13.8 Å². The maximum atomic E-state index is 13.1. The van der Waals surface area contributed by atoms with E-state index in [-0.39, 0.29) is 17.9 Å². The monoisotopic (exact) mass is 340 g/mol. The molecule has 25 heavy (non-hydrogen) atoms. The van der Waals surface area contributed by atoms with Crippen molar-refractivity contribution in [1.82, 2.24) is 15.1 Å². The molecule has 5 heteroatoms. The van der Waals surface area contributed by atoms with Gasteiger partial charge in [-0.1, -0.05) is 25.1 Å². The number of rotatable bonds is 3. The number of aryl methyl sites for hydroxylation is 2. The fraction of sp³-hybridized carbons (Fsp3) is 0.500. The second kappa shape index (κ2) is 6.90. The van der Waals surface area contributed by atoms with Crippen LogP contribution in [0.5, 0.6) is 0 Å². The molecule has 1 aromatic carbocycles. The second-order valence-electron chi connectivity index (χ2n) is 7.33. The van der Waals surface area contributed by atoms with Crippen LogP contribution >= 0.6 is 0 Å². The molecule has 0 radical (unpaired) electrons. The Balaban J connectivity index is 1.80. The average Bonchev–Trinajstić information content (AvgIpc) is 2.84. The minimum atomic E-state index is 0.162. The Kier molecular flexibility index (Phi) is 4.84. The molecule has 0 fully saturated rings. The Morgan fingerprint density at radius 2 is 2.08 bits per heavy atom. The summed E-state index contributed by atoms with van der Waals surface area (Å²) in [7, 11) is 2.10. The molecule has 0 saturated heterocycles. The molecule has 3 rings (SSSR count). The fourth-order valence-corrected chi connectivity index (χ4v) is 4.05. The summed E-state index contributed by atoms with van der Waals surface area (Å²) in [5.41, 5.74) is 5.66. The van der Waals surface area contributed by atoms with E-state index in [1.807, 2.05) is 24.8 Å². The van der Waals surface area contributed by atoms with Crippen molar-refractivity contribution >= 4 is 11.6 Å². The predicted octanol–water partition coefficient (Wildman–Crippen LogP) is 3.39. The van der Waals surface area contributed by atoms with Crippen LogP contribution in [0.3, 0.4) is 0 Å². The third kappa shape index (κ3) is 3.41. The van der Waals surface area contributed by atoms with E-state index in [2.05, 4.69) is 54.2 Å². The number of aromatic nitrogens is 2. The van der Waals surface area contributed by atoms with Gasteiger partial charge in [0.15, 0.2) is 0 Å².